The number of pyridine rings is 1. The molecular weight excluding hydrogens is 190 g/mol. The van der Waals surface area contributed by atoms with Gasteiger partial charge >= 0.3 is 0 Å². The molecule has 6 heteroatoms. The number of hydrogen-bond donors (Lipinski definition) is 2. The van der Waals surface area contributed by atoms with E-state index in [0.717, 1.165) is 6.20 Å². The van der Waals surface area contributed by atoms with Gasteiger partial charge in [-0.1, -0.05) is 0 Å². The summed E-state index contributed by atoms with van der Waals surface area (Å²) in [5.74, 6) is 0. The molecule has 0 atom stereocenters. The first-order chi connectivity index (χ1) is 6.57. The molecule has 0 fully saturated rings. The van der Waals surface area contributed by atoms with Crippen molar-refractivity contribution in [2.75, 3.05) is 11.5 Å². The molecule has 1 rings (SSSR count). The van der Waals surface area contributed by atoms with Gasteiger partial charge in [0, 0.05) is 5.56 Å². The van der Waals surface area contributed by atoms with Crippen LogP contribution in [0.2, 0.25) is 0 Å². The van der Waals surface area contributed by atoms with Crippen LogP contribution in [0.5, 0.6) is 0 Å². The zero-order valence-corrected chi connectivity index (χ0v) is 7.17. The number of nitriles is 1. The van der Waals surface area contributed by atoms with Gasteiger partial charge in [0.25, 0.3) is 6.43 Å². The molecule has 1 aromatic heterocycles. The molecule has 0 aliphatic carbocycles. The van der Waals surface area contributed by atoms with E-state index in [1.807, 2.05) is 0 Å². The second kappa shape index (κ2) is 3.87. The SMILES string of the molecule is N#CCc1c(C(F)F)ncc(N)c1N. The normalized spacial score (nSPS) is 10.1. The lowest BCUT2D eigenvalue weighted by Gasteiger charge is -2.09. The van der Waals surface area contributed by atoms with Crippen molar-refractivity contribution >= 4 is 11.4 Å². The van der Waals surface area contributed by atoms with Gasteiger partial charge in [-0.2, -0.15) is 5.26 Å². The molecule has 0 aliphatic rings. The smallest absolute Gasteiger partial charge is 0.280 e. The minimum Gasteiger partial charge on any atom is -0.397 e. The predicted molar refractivity (Wildman–Crippen MR) is 47.3 cm³/mol. The predicted octanol–water partition coefficient (Wildman–Crippen LogP) is 1.25. The summed E-state index contributed by atoms with van der Waals surface area (Å²) < 4.78 is 24.8. The topological polar surface area (TPSA) is 88.7 Å². The Morgan fingerprint density at radius 3 is 2.64 bits per heavy atom. The van der Waals surface area contributed by atoms with Crippen LogP contribution in [0.3, 0.4) is 0 Å². The number of nitrogen functional groups attached to an aromatic ring is 2. The summed E-state index contributed by atoms with van der Waals surface area (Å²) in [7, 11) is 0. The average molecular weight is 198 g/mol. The Bertz CT molecular complexity index is 384. The molecule has 0 radical (unpaired) electrons. The van der Waals surface area contributed by atoms with E-state index in [9.17, 15) is 8.78 Å². The summed E-state index contributed by atoms with van der Waals surface area (Å²) in [5.41, 5.74) is 10.5. The molecule has 0 amide bonds. The first kappa shape index (κ1) is 10.2. The van der Waals surface area contributed by atoms with Gasteiger partial charge in [-0.25, -0.2) is 8.78 Å². The van der Waals surface area contributed by atoms with Gasteiger partial charge in [-0.3, -0.25) is 4.98 Å². The summed E-state index contributed by atoms with van der Waals surface area (Å²) in [6.45, 7) is 0. The van der Waals surface area contributed by atoms with Crippen LogP contribution in [0, 0.1) is 11.3 Å². The van der Waals surface area contributed by atoms with E-state index in [-0.39, 0.29) is 23.4 Å². The highest BCUT2D eigenvalue weighted by atomic mass is 19.3. The van der Waals surface area contributed by atoms with Crippen molar-refractivity contribution in [3.05, 3.63) is 17.5 Å². The zero-order chi connectivity index (χ0) is 10.7. The minimum absolute atomic E-state index is 0.0110. The fraction of sp³-hybridized carbons (Fsp3) is 0.250. The van der Waals surface area contributed by atoms with E-state index in [2.05, 4.69) is 4.98 Å². The van der Waals surface area contributed by atoms with E-state index in [0.29, 0.717) is 0 Å². The van der Waals surface area contributed by atoms with Crippen molar-refractivity contribution in [1.82, 2.24) is 4.98 Å². The second-order valence-corrected chi connectivity index (χ2v) is 2.63. The van der Waals surface area contributed by atoms with Crippen molar-refractivity contribution in [2.45, 2.75) is 12.8 Å². The summed E-state index contributed by atoms with van der Waals surface area (Å²) in [5, 5.41) is 8.42. The highest BCUT2D eigenvalue weighted by Crippen LogP contribution is 2.28. The monoisotopic (exact) mass is 198 g/mol. The number of hydrogen-bond acceptors (Lipinski definition) is 4. The van der Waals surface area contributed by atoms with E-state index in [1.54, 1.807) is 6.07 Å². The maximum atomic E-state index is 12.4. The fourth-order valence-corrected chi connectivity index (χ4v) is 1.05. The first-order valence-electron chi connectivity index (χ1n) is 3.75. The molecule has 1 heterocycles. The number of aromatic nitrogens is 1. The molecule has 4 nitrogen and oxygen atoms in total. The summed E-state index contributed by atoms with van der Waals surface area (Å²) in [6, 6.07) is 1.74. The Kier molecular flexibility index (Phi) is 2.82. The van der Waals surface area contributed by atoms with Crippen molar-refractivity contribution in [2.24, 2.45) is 0 Å². The molecule has 0 saturated carbocycles. The molecule has 74 valence electrons. The van der Waals surface area contributed by atoms with Crippen molar-refractivity contribution in [3.8, 4) is 6.07 Å². The number of alkyl halides is 2. The van der Waals surface area contributed by atoms with Crippen LogP contribution in [0.1, 0.15) is 17.7 Å². The number of halogens is 2. The van der Waals surface area contributed by atoms with Gasteiger partial charge < -0.3 is 11.5 Å². The number of rotatable bonds is 2. The quantitative estimate of drug-likeness (QED) is 0.748. The van der Waals surface area contributed by atoms with E-state index < -0.39 is 12.1 Å². The Labute approximate surface area is 79.1 Å². The fourth-order valence-electron chi connectivity index (χ4n) is 1.05. The number of nitrogens with zero attached hydrogens (tertiary/aromatic N) is 2. The van der Waals surface area contributed by atoms with Crippen LogP contribution < -0.4 is 11.5 Å². The highest BCUT2D eigenvalue weighted by molar-refractivity contribution is 5.67. The number of anilines is 2. The molecule has 14 heavy (non-hydrogen) atoms. The second-order valence-electron chi connectivity index (χ2n) is 2.63. The van der Waals surface area contributed by atoms with Gasteiger partial charge in [0.15, 0.2) is 0 Å². The molecule has 0 aliphatic heterocycles. The third-order valence-electron chi connectivity index (χ3n) is 1.75. The first-order valence-corrected chi connectivity index (χ1v) is 3.75. The Morgan fingerprint density at radius 2 is 2.14 bits per heavy atom. The minimum atomic E-state index is -2.75. The average Bonchev–Trinajstić information content (AvgIpc) is 2.13. The molecule has 4 N–H and O–H groups in total. The Balaban J connectivity index is 3.31. The van der Waals surface area contributed by atoms with Crippen LogP contribution in [0.15, 0.2) is 6.20 Å². The standard InChI is InChI=1S/C8H8F2N4/c9-8(10)7-4(1-2-11)6(13)5(12)3-14-7/h3,8H,1,12H2,(H2,13,14). The number of nitrogens with two attached hydrogens (primary N) is 2. The van der Waals surface area contributed by atoms with Crippen LogP contribution in [-0.4, -0.2) is 4.98 Å². The Hall–Kier alpha value is -1.90. The molecular formula is C8H8F2N4. The lowest BCUT2D eigenvalue weighted by atomic mass is 10.1. The van der Waals surface area contributed by atoms with E-state index in [1.165, 1.54) is 0 Å². The highest BCUT2D eigenvalue weighted by Gasteiger charge is 2.18. The summed E-state index contributed by atoms with van der Waals surface area (Å²) in [4.78, 5) is 3.45. The van der Waals surface area contributed by atoms with Crippen LogP contribution in [-0.2, 0) is 6.42 Å². The van der Waals surface area contributed by atoms with Gasteiger partial charge in [-0.05, 0) is 0 Å². The summed E-state index contributed by atoms with van der Waals surface area (Å²) >= 11 is 0. The zero-order valence-electron chi connectivity index (χ0n) is 7.17. The molecule has 0 aromatic carbocycles. The van der Waals surface area contributed by atoms with Crippen molar-refractivity contribution < 1.29 is 8.78 Å². The molecule has 0 unspecified atom stereocenters. The van der Waals surface area contributed by atoms with E-state index in [4.69, 9.17) is 16.7 Å². The maximum absolute atomic E-state index is 12.4. The largest absolute Gasteiger partial charge is 0.397 e. The molecule has 0 spiro atoms. The maximum Gasteiger partial charge on any atom is 0.280 e. The molecule has 0 bridgehead atoms. The van der Waals surface area contributed by atoms with Crippen molar-refractivity contribution in [1.29, 1.82) is 5.26 Å². The van der Waals surface area contributed by atoms with Gasteiger partial charge in [0.05, 0.1) is 30.1 Å². The third-order valence-corrected chi connectivity index (χ3v) is 1.75. The lowest BCUT2D eigenvalue weighted by molar-refractivity contribution is 0.145. The van der Waals surface area contributed by atoms with Crippen LogP contribution in [0.25, 0.3) is 0 Å². The summed E-state index contributed by atoms with van der Waals surface area (Å²) in [6.07, 6.45) is -1.90. The molecule has 0 saturated heterocycles. The van der Waals surface area contributed by atoms with Crippen LogP contribution in [0.4, 0.5) is 20.2 Å². The van der Waals surface area contributed by atoms with Gasteiger partial charge in [0.1, 0.15) is 5.69 Å². The van der Waals surface area contributed by atoms with Crippen LogP contribution >= 0.6 is 0 Å². The Morgan fingerprint density at radius 1 is 1.50 bits per heavy atom. The lowest BCUT2D eigenvalue weighted by Crippen LogP contribution is -2.06. The van der Waals surface area contributed by atoms with Gasteiger partial charge in [-0.15, -0.1) is 0 Å². The molecule has 1 aromatic rings. The third kappa shape index (κ3) is 1.71. The van der Waals surface area contributed by atoms with Gasteiger partial charge in [0.2, 0.25) is 0 Å². The van der Waals surface area contributed by atoms with E-state index >= 15 is 0 Å². The van der Waals surface area contributed by atoms with Crippen molar-refractivity contribution in [3.63, 3.8) is 0 Å².